The number of hydrogen-bond donors (Lipinski definition) is 6. The summed E-state index contributed by atoms with van der Waals surface area (Å²) in [6, 6.07) is 18.4. The number of ketones is 2. The lowest BCUT2D eigenvalue weighted by atomic mass is 9.85. The second-order valence-electron chi connectivity index (χ2n) is 13.9. The van der Waals surface area contributed by atoms with E-state index in [1.54, 1.807) is 46.8 Å². The van der Waals surface area contributed by atoms with Crippen molar-refractivity contribution in [3.8, 4) is 28.4 Å². The molecule has 1 fully saturated rings. The monoisotopic (exact) mass is 760 g/mol. The van der Waals surface area contributed by atoms with Gasteiger partial charge in [0.1, 0.15) is 23.5 Å². The number of phenols is 2. The lowest BCUT2D eigenvalue weighted by molar-refractivity contribution is -0.127. The predicted molar refractivity (Wildman–Crippen MR) is 212 cm³/mol. The van der Waals surface area contributed by atoms with E-state index in [0.29, 0.717) is 48.4 Å². The molecule has 6 rings (SSSR count). The van der Waals surface area contributed by atoms with E-state index in [9.17, 15) is 30.0 Å². The number of Topliss-reactive ketones (excluding diaryl/α,β-unsaturated/α-hetero) is 2. The molecule has 4 aromatic carbocycles. The van der Waals surface area contributed by atoms with Gasteiger partial charge in [0.2, 0.25) is 0 Å². The first-order valence-electron chi connectivity index (χ1n) is 18.0. The number of phenolic OH excluding ortho intramolecular Hbond substituents is 2. The quantitative estimate of drug-likeness (QED) is 0.0754. The second-order valence-corrected chi connectivity index (χ2v) is 16.5. The van der Waals surface area contributed by atoms with Gasteiger partial charge in [-0.2, -0.15) is 0 Å². The highest BCUT2D eigenvalue weighted by Crippen LogP contribution is 2.53. The van der Waals surface area contributed by atoms with E-state index >= 15 is 0 Å². The molecule has 0 radical (unpaired) electrons. The third-order valence-corrected chi connectivity index (χ3v) is 13.1. The lowest BCUT2D eigenvalue weighted by Crippen LogP contribution is -2.35. The SMILES string of the molecule is CN[C@H](O[C@H]1CC(=O)CCc2ccc(O)c(OC)c2-c2ccc3ccc(O)cc3c2[C@@H]2CC[C@@H]1C[C@H](O)CSS2)c1ccc(NCC(C)=O)c(CO)c1. The average molecular weight is 761 g/mol. The van der Waals surface area contributed by atoms with Gasteiger partial charge in [0.05, 0.1) is 32.5 Å². The lowest BCUT2D eigenvalue weighted by Gasteiger charge is -2.32. The molecule has 12 heteroatoms. The molecule has 4 aromatic rings. The summed E-state index contributed by atoms with van der Waals surface area (Å²) in [4.78, 5) is 25.6. The van der Waals surface area contributed by atoms with Crippen LogP contribution >= 0.6 is 21.6 Å². The first kappa shape index (κ1) is 38.9. The van der Waals surface area contributed by atoms with Gasteiger partial charge in [-0.05, 0) is 109 Å². The number of ether oxygens (including phenoxy) is 2. The van der Waals surface area contributed by atoms with Crippen molar-refractivity contribution >= 4 is 49.6 Å². The van der Waals surface area contributed by atoms with Crippen molar-refractivity contribution in [3.05, 3.63) is 82.9 Å². The topological polar surface area (TPSA) is 158 Å². The summed E-state index contributed by atoms with van der Waals surface area (Å²) in [6.07, 6.45) is 0.773. The molecule has 1 heterocycles. The summed E-state index contributed by atoms with van der Waals surface area (Å²) in [6.45, 7) is 1.40. The van der Waals surface area contributed by atoms with E-state index in [0.717, 1.165) is 38.6 Å². The number of nitrogens with one attached hydrogen (secondary N) is 2. The number of fused-ring (bicyclic) bond motifs is 9. The molecule has 0 amide bonds. The van der Waals surface area contributed by atoms with Gasteiger partial charge in [0.15, 0.2) is 11.5 Å². The fourth-order valence-electron chi connectivity index (χ4n) is 7.61. The Bertz CT molecular complexity index is 1960. The summed E-state index contributed by atoms with van der Waals surface area (Å²) < 4.78 is 12.7. The number of aliphatic hydroxyl groups excluding tert-OH is 2. The Kier molecular flexibility index (Phi) is 12.9. The van der Waals surface area contributed by atoms with Gasteiger partial charge in [-0.25, -0.2) is 0 Å². The van der Waals surface area contributed by atoms with Crippen molar-refractivity contribution in [3.63, 3.8) is 0 Å². The van der Waals surface area contributed by atoms with Crippen LogP contribution in [0, 0.1) is 5.92 Å². The van der Waals surface area contributed by atoms with E-state index < -0.39 is 18.4 Å². The van der Waals surface area contributed by atoms with Gasteiger partial charge in [-0.15, -0.1) is 0 Å². The van der Waals surface area contributed by atoms with Crippen LogP contribution in [0.1, 0.15) is 72.8 Å². The van der Waals surface area contributed by atoms with Gasteiger partial charge >= 0.3 is 0 Å². The molecule has 53 heavy (non-hydrogen) atoms. The third kappa shape index (κ3) is 8.96. The molecule has 0 unspecified atom stereocenters. The fraction of sp³-hybridized carbons (Fsp3) is 0.415. The number of benzene rings is 4. The molecular weight excluding hydrogens is 713 g/mol. The predicted octanol–water partition coefficient (Wildman–Crippen LogP) is 7.21. The average Bonchev–Trinajstić information content (AvgIpc) is 3.24. The van der Waals surface area contributed by atoms with Crippen LogP contribution in [0.25, 0.3) is 21.9 Å². The summed E-state index contributed by atoms with van der Waals surface area (Å²) in [5, 5.41) is 51.4. The maximum Gasteiger partial charge on any atom is 0.168 e. The normalized spacial score (nSPS) is 21.5. The molecule has 0 aromatic heterocycles. The molecule has 1 aliphatic carbocycles. The zero-order valence-electron chi connectivity index (χ0n) is 30.3. The fourth-order valence-corrected chi connectivity index (χ4v) is 10.5. The van der Waals surface area contributed by atoms with E-state index in [2.05, 4.69) is 10.6 Å². The molecule has 6 N–H and O–H groups in total. The van der Waals surface area contributed by atoms with Crippen LogP contribution in [-0.4, -0.2) is 70.7 Å². The summed E-state index contributed by atoms with van der Waals surface area (Å²) in [5.74, 6) is 0.784. The first-order valence-corrected chi connectivity index (χ1v) is 20.4. The Labute approximate surface area is 318 Å². The highest BCUT2D eigenvalue weighted by atomic mass is 33.1. The minimum Gasteiger partial charge on any atom is -0.508 e. The number of anilines is 1. The maximum absolute atomic E-state index is 14.0. The Morgan fingerprint density at radius 1 is 1.04 bits per heavy atom. The third-order valence-electron chi connectivity index (χ3n) is 10.2. The van der Waals surface area contributed by atoms with Crippen molar-refractivity contribution < 1.29 is 39.5 Å². The van der Waals surface area contributed by atoms with E-state index in [-0.39, 0.29) is 60.2 Å². The second kappa shape index (κ2) is 17.6. The molecule has 1 saturated heterocycles. The molecule has 10 nitrogen and oxygen atoms in total. The molecule has 2 bridgehead atoms. The number of carbonyl (C=O) groups is 2. The summed E-state index contributed by atoms with van der Waals surface area (Å²) in [5.41, 5.74) is 5.50. The van der Waals surface area contributed by atoms with Gasteiger partial charge in [-0.3, -0.25) is 14.9 Å². The Morgan fingerprint density at radius 3 is 2.60 bits per heavy atom. The van der Waals surface area contributed by atoms with E-state index in [4.69, 9.17) is 9.47 Å². The van der Waals surface area contributed by atoms with Gasteiger partial charge in [0, 0.05) is 40.7 Å². The van der Waals surface area contributed by atoms with Crippen LogP contribution < -0.4 is 15.4 Å². The molecular formula is C41H48N2O8S2. The van der Waals surface area contributed by atoms with Crippen LogP contribution in [0.3, 0.4) is 0 Å². The molecule has 1 aliphatic heterocycles. The smallest absolute Gasteiger partial charge is 0.168 e. The van der Waals surface area contributed by atoms with Crippen molar-refractivity contribution in [2.75, 3.05) is 31.8 Å². The zero-order chi connectivity index (χ0) is 37.6. The first-order chi connectivity index (χ1) is 25.6. The Morgan fingerprint density at radius 2 is 1.85 bits per heavy atom. The minimum atomic E-state index is -0.625. The van der Waals surface area contributed by atoms with Crippen LogP contribution in [0.5, 0.6) is 17.2 Å². The summed E-state index contributed by atoms with van der Waals surface area (Å²) in [7, 11) is 6.62. The van der Waals surface area contributed by atoms with Gasteiger partial charge in [0.25, 0.3) is 0 Å². The number of rotatable bonds is 9. The van der Waals surface area contributed by atoms with E-state index in [1.807, 2.05) is 42.5 Å². The number of aromatic hydroxyl groups is 2. The highest BCUT2D eigenvalue weighted by molar-refractivity contribution is 8.76. The number of carbonyl (C=O) groups excluding carboxylic acids is 2. The zero-order valence-corrected chi connectivity index (χ0v) is 31.9. The van der Waals surface area contributed by atoms with Crippen molar-refractivity contribution in [2.24, 2.45) is 5.92 Å². The van der Waals surface area contributed by atoms with Crippen LogP contribution in [0.2, 0.25) is 0 Å². The standard InChI is InChI=1S/C41H48N2O8S2/c1-23(45)20-43-34-13-7-27(16-28(34)21-44)41(42-2)51-36-19-30(47)11-5-25-8-14-35(49)40(50-3)38(25)32-12-6-24-4-10-29(46)18-33(24)39(32)37-15-9-26(36)17-31(48)22-52-53-37/h4,6-8,10,12-14,16,18,26,31,36-37,41-44,46,48-49H,5,9,11,15,17,19-22H2,1-3H3/t26-,31+,36+,37+,41-/m1/s1. The number of hydrogen-bond acceptors (Lipinski definition) is 12. The van der Waals surface area contributed by atoms with Gasteiger partial charge in [-0.1, -0.05) is 51.9 Å². The molecule has 0 spiro atoms. The summed E-state index contributed by atoms with van der Waals surface area (Å²) >= 11 is 0. The van der Waals surface area contributed by atoms with Crippen molar-refractivity contribution in [1.82, 2.24) is 5.32 Å². The Balaban J connectivity index is 1.45. The molecule has 0 saturated carbocycles. The molecule has 2 aliphatic rings. The maximum atomic E-state index is 14.0. The number of aliphatic hydroxyl groups is 2. The van der Waals surface area contributed by atoms with Crippen LogP contribution in [-0.2, 0) is 27.4 Å². The van der Waals surface area contributed by atoms with Crippen molar-refractivity contribution in [1.29, 1.82) is 0 Å². The Hall–Kier alpha value is -3.78. The van der Waals surface area contributed by atoms with E-state index in [1.165, 1.54) is 14.0 Å². The largest absolute Gasteiger partial charge is 0.508 e. The molecule has 282 valence electrons. The van der Waals surface area contributed by atoms with Crippen LogP contribution in [0.4, 0.5) is 5.69 Å². The van der Waals surface area contributed by atoms with Gasteiger partial charge < -0.3 is 35.2 Å². The molecule has 5 atom stereocenters. The number of methoxy groups -OCH3 is 1. The minimum absolute atomic E-state index is 0.00197. The number of aryl methyl sites for hydroxylation is 1. The van der Waals surface area contributed by atoms with Crippen molar-refractivity contribution in [2.45, 2.75) is 75.7 Å². The highest BCUT2D eigenvalue weighted by Gasteiger charge is 2.34. The van der Waals surface area contributed by atoms with Crippen LogP contribution in [0.15, 0.2) is 60.7 Å².